The molecular formula is C36H45ClN2O10S2. The molecule has 0 bridgehead atoms. The van der Waals surface area contributed by atoms with Crippen LogP contribution in [0.2, 0.25) is 5.02 Å². The van der Waals surface area contributed by atoms with E-state index in [0.717, 1.165) is 38.2 Å². The van der Waals surface area contributed by atoms with E-state index in [9.17, 15) is 37.8 Å². The van der Waals surface area contributed by atoms with E-state index in [0.29, 0.717) is 36.9 Å². The maximum atomic E-state index is 12.2. The fraction of sp³-hybridized carbons (Fsp3) is 0.556. The van der Waals surface area contributed by atoms with Crippen molar-refractivity contribution in [3.63, 3.8) is 0 Å². The molecule has 6 rings (SSSR count). The second kappa shape index (κ2) is 14.7. The summed E-state index contributed by atoms with van der Waals surface area (Å²) in [4.78, 5) is 46.3. The summed E-state index contributed by atoms with van der Waals surface area (Å²) in [5, 5.41) is 37.8. The molecule has 6 N–H and O–H groups in total. The largest absolute Gasteiger partial charge is 0.481 e. The maximum Gasteiger partial charge on any atom is 0.337 e. The number of carbonyl (C=O) groups is 4. The number of aliphatic hydroxyl groups is 1. The quantitative estimate of drug-likeness (QED) is 0.191. The lowest BCUT2D eigenvalue weighted by Gasteiger charge is -2.61. The van der Waals surface area contributed by atoms with Gasteiger partial charge in [-0.15, -0.1) is 0 Å². The molecule has 2 aromatic rings. The number of anilines is 1. The summed E-state index contributed by atoms with van der Waals surface area (Å²) in [6.07, 6.45) is 9.24. The molecule has 4 aliphatic carbocycles. The SMILES string of the molecule is CC(=O)S[C@@H]1CC2=CC(=O)CC[C@]2(C)[C@H]2CC[C@@]3(C)[C@@H](CCC3(O)CCC(=O)O)[C@H]12.NS(=O)(=O)c1cc(C(=O)O)c(NCc2ccco2)cc1Cl. The molecule has 0 saturated heterocycles. The van der Waals surface area contributed by atoms with E-state index >= 15 is 0 Å². The van der Waals surface area contributed by atoms with E-state index in [1.54, 1.807) is 19.1 Å². The van der Waals surface area contributed by atoms with Crippen LogP contribution in [0.25, 0.3) is 0 Å². The fourth-order valence-electron chi connectivity index (χ4n) is 9.36. The minimum Gasteiger partial charge on any atom is -0.481 e. The zero-order valence-electron chi connectivity index (χ0n) is 28.8. The molecule has 1 aromatic heterocycles. The summed E-state index contributed by atoms with van der Waals surface area (Å²) in [5.74, 6) is -0.383. The Morgan fingerprint density at radius 1 is 1.12 bits per heavy atom. The van der Waals surface area contributed by atoms with Crippen molar-refractivity contribution in [1.82, 2.24) is 0 Å². The van der Waals surface area contributed by atoms with Crippen LogP contribution in [0.15, 0.2) is 51.5 Å². The second-order valence-electron chi connectivity index (χ2n) is 14.7. The number of sulfonamides is 1. The van der Waals surface area contributed by atoms with Gasteiger partial charge in [0.25, 0.3) is 0 Å². The van der Waals surface area contributed by atoms with Crippen LogP contribution in [0, 0.1) is 28.6 Å². The van der Waals surface area contributed by atoms with E-state index in [1.165, 1.54) is 29.7 Å². The smallest absolute Gasteiger partial charge is 0.337 e. The van der Waals surface area contributed by atoms with Crippen LogP contribution in [0.3, 0.4) is 0 Å². The Morgan fingerprint density at radius 3 is 2.43 bits per heavy atom. The summed E-state index contributed by atoms with van der Waals surface area (Å²) in [6, 6.07) is 5.51. The number of ketones is 1. The average Bonchev–Trinajstić information content (AvgIpc) is 3.65. The highest BCUT2D eigenvalue weighted by Crippen LogP contribution is 2.69. The Kier molecular flexibility index (Phi) is 11.2. The number of aliphatic carboxylic acids is 1. The highest BCUT2D eigenvalue weighted by atomic mass is 35.5. The highest BCUT2D eigenvalue weighted by Gasteiger charge is 2.65. The molecule has 278 valence electrons. The topological polar surface area (TPSA) is 214 Å². The summed E-state index contributed by atoms with van der Waals surface area (Å²) in [7, 11) is -4.11. The van der Waals surface area contributed by atoms with Gasteiger partial charge in [0.1, 0.15) is 10.7 Å². The molecule has 0 spiro atoms. The van der Waals surface area contributed by atoms with Crippen molar-refractivity contribution >= 4 is 61.9 Å². The lowest BCUT2D eigenvalue weighted by Crippen LogP contribution is -2.58. The first-order valence-corrected chi connectivity index (χ1v) is 19.8. The number of carboxylic acids is 2. The molecule has 0 radical (unpaired) electrons. The van der Waals surface area contributed by atoms with Crippen molar-refractivity contribution in [2.45, 2.75) is 101 Å². The van der Waals surface area contributed by atoms with Gasteiger partial charge in [-0.1, -0.05) is 42.8 Å². The van der Waals surface area contributed by atoms with Gasteiger partial charge in [-0.05, 0) is 104 Å². The molecule has 7 atom stereocenters. The Morgan fingerprint density at radius 2 is 1.82 bits per heavy atom. The number of furan rings is 1. The molecule has 1 aromatic carbocycles. The zero-order valence-corrected chi connectivity index (χ0v) is 31.2. The van der Waals surface area contributed by atoms with Crippen molar-refractivity contribution in [3.8, 4) is 0 Å². The van der Waals surface area contributed by atoms with Crippen molar-refractivity contribution in [2.75, 3.05) is 5.32 Å². The number of primary sulfonamides is 1. The molecular weight excluding hydrogens is 720 g/mol. The highest BCUT2D eigenvalue weighted by molar-refractivity contribution is 8.14. The summed E-state index contributed by atoms with van der Waals surface area (Å²) in [6.45, 7) is 6.31. The number of aromatic carboxylic acids is 1. The number of allylic oxidation sites excluding steroid dienone is 1. The number of benzene rings is 1. The molecule has 0 amide bonds. The molecule has 3 fully saturated rings. The third-order valence-electron chi connectivity index (χ3n) is 12.0. The third-order valence-corrected chi connectivity index (χ3v) is 14.5. The number of hydrogen-bond acceptors (Lipinski definition) is 10. The zero-order chi connectivity index (χ0) is 37.5. The molecule has 1 unspecified atom stereocenters. The van der Waals surface area contributed by atoms with Crippen LogP contribution in [0.1, 0.15) is 94.7 Å². The molecule has 1 heterocycles. The van der Waals surface area contributed by atoms with Crippen molar-refractivity contribution in [3.05, 3.63) is 58.5 Å². The first-order chi connectivity index (χ1) is 23.8. The van der Waals surface area contributed by atoms with Gasteiger partial charge in [-0.25, -0.2) is 18.4 Å². The second-order valence-corrected chi connectivity index (χ2v) is 18.1. The summed E-state index contributed by atoms with van der Waals surface area (Å²) < 4.78 is 27.8. The first kappa shape index (κ1) is 39.0. The van der Waals surface area contributed by atoms with Gasteiger partial charge in [0, 0.05) is 25.0 Å². The van der Waals surface area contributed by atoms with E-state index < -0.39 is 32.5 Å². The number of fused-ring (bicyclic) bond motifs is 5. The van der Waals surface area contributed by atoms with E-state index in [1.807, 2.05) is 6.08 Å². The van der Waals surface area contributed by atoms with Crippen molar-refractivity contribution in [2.24, 2.45) is 33.7 Å². The normalized spacial score (nSPS) is 31.3. The predicted octanol–water partition coefficient (Wildman–Crippen LogP) is 6.26. The molecule has 51 heavy (non-hydrogen) atoms. The number of nitrogens with one attached hydrogen (secondary N) is 1. The van der Waals surface area contributed by atoms with Crippen LogP contribution in [0.5, 0.6) is 0 Å². The van der Waals surface area contributed by atoms with Gasteiger partial charge in [0.05, 0.1) is 34.7 Å². The number of carbonyl (C=O) groups excluding carboxylic acids is 2. The number of thioether (sulfide) groups is 1. The first-order valence-electron chi connectivity index (χ1n) is 17.0. The van der Waals surface area contributed by atoms with Gasteiger partial charge < -0.3 is 25.1 Å². The predicted molar refractivity (Wildman–Crippen MR) is 192 cm³/mol. The Bertz CT molecular complexity index is 1850. The number of rotatable bonds is 9. The number of nitrogens with two attached hydrogens (primary N) is 1. The third kappa shape index (κ3) is 7.80. The van der Waals surface area contributed by atoms with Crippen LogP contribution in [-0.4, -0.2) is 57.4 Å². The molecule has 12 nitrogen and oxygen atoms in total. The summed E-state index contributed by atoms with van der Waals surface area (Å²) >= 11 is 7.25. The Labute approximate surface area is 306 Å². The van der Waals surface area contributed by atoms with Crippen molar-refractivity contribution in [1.29, 1.82) is 0 Å². The van der Waals surface area contributed by atoms with Gasteiger partial charge in [0.15, 0.2) is 10.9 Å². The minimum absolute atomic E-state index is 0.00444. The monoisotopic (exact) mass is 764 g/mol. The Hall–Kier alpha value is -3.17. The van der Waals surface area contributed by atoms with Crippen LogP contribution >= 0.6 is 23.4 Å². The van der Waals surface area contributed by atoms with Crippen LogP contribution in [-0.2, 0) is 31.0 Å². The number of carboxylic acid groups (broad SMARTS) is 2. The fourth-order valence-corrected chi connectivity index (χ4v) is 11.7. The molecule has 15 heteroatoms. The summed E-state index contributed by atoms with van der Waals surface area (Å²) in [5.41, 5.74) is -0.143. The standard InChI is InChI=1S/C24H34O5S.C12H11ClN2O5S/c1-14(25)30-19-13-15-12-16(26)4-8-22(15,2)17-5-9-23(3)18(21(17)19)6-10-24(23,29)11-7-20(27)28;13-9-5-10(15-6-7-2-1-3-20-7)8(12(16)17)4-11(9)21(14,18)19/h12,17-19,21,29H,4-11,13H2,1-3H3,(H,27,28);1-5,15H,6H2,(H,16,17)(H2,14,18,19)/t17-,18-,19+,21+,22-,23-,24?;/m0./s1. The molecule has 4 aliphatic rings. The van der Waals surface area contributed by atoms with E-state index in [4.69, 9.17) is 26.3 Å². The lowest BCUT2D eigenvalue weighted by molar-refractivity contribution is -0.146. The number of hydrogen-bond donors (Lipinski definition) is 5. The van der Waals surface area contributed by atoms with E-state index in [2.05, 4.69) is 19.2 Å². The van der Waals surface area contributed by atoms with Gasteiger partial charge >= 0.3 is 11.9 Å². The molecule has 3 saturated carbocycles. The minimum atomic E-state index is -4.11. The Balaban J connectivity index is 0.000000211. The van der Waals surface area contributed by atoms with E-state index in [-0.39, 0.29) is 62.1 Å². The van der Waals surface area contributed by atoms with Crippen LogP contribution in [0.4, 0.5) is 5.69 Å². The van der Waals surface area contributed by atoms with Gasteiger partial charge in [-0.2, -0.15) is 0 Å². The van der Waals surface area contributed by atoms with Gasteiger partial charge in [-0.3, -0.25) is 14.4 Å². The van der Waals surface area contributed by atoms with Crippen molar-refractivity contribution < 1.29 is 47.3 Å². The maximum absolute atomic E-state index is 12.2. The van der Waals surface area contributed by atoms with Crippen LogP contribution < -0.4 is 10.5 Å². The lowest BCUT2D eigenvalue weighted by atomic mass is 9.46. The molecule has 0 aliphatic heterocycles. The van der Waals surface area contributed by atoms with Gasteiger partial charge in [0.2, 0.25) is 10.0 Å². The average molecular weight is 765 g/mol. The number of halogens is 1.